The summed E-state index contributed by atoms with van der Waals surface area (Å²) < 4.78 is 0.755. The lowest BCUT2D eigenvalue weighted by atomic mass is 9.85. The molecule has 1 aromatic rings. The molecule has 2 rings (SSSR count). The Bertz CT molecular complexity index is 404. The van der Waals surface area contributed by atoms with E-state index in [1.54, 1.807) is 18.2 Å². The second-order valence-corrected chi connectivity index (χ2v) is 5.40. The summed E-state index contributed by atoms with van der Waals surface area (Å²) in [5, 5.41) is 3.57. The number of hydrogen-bond acceptors (Lipinski definition) is 1. The molecule has 4 heteroatoms. The maximum atomic E-state index is 11.8. The maximum absolute atomic E-state index is 11.8. The average Bonchev–Trinajstić information content (AvgIpc) is 2.19. The first-order valence-corrected chi connectivity index (χ1v) is 6.57. The number of nitrogens with one attached hydrogen (secondary N) is 1. The summed E-state index contributed by atoms with van der Waals surface area (Å²) >= 11 is 9.17. The van der Waals surface area contributed by atoms with Crippen LogP contribution in [0.15, 0.2) is 22.7 Å². The molecule has 1 aromatic carbocycles. The summed E-state index contributed by atoms with van der Waals surface area (Å²) in [4.78, 5) is 11.8. The van der Waals surface area contributed by atoms with Gasteiger partial charge in [0.15, 0.2) is 0 Å². The van der Waals surface area contributed by atoms with E-state index in [4.69, 9.17) is 11.6 Å². The van der Waals surface area contributed by atoms with Gasteiger partial charge in [0.2, 0.25) is 0 Å². The van der Waals surface area contributed by atoms with Gasteiger partial charge in [-0.1, -0.05) is 18.0 Å². The third-order valence-corrected chi connectivity index (χ3v) is 4.17. The van der Waals surface area contributed by atoms with Crippen molar-refractivity contribution in [3.8, 4) is 0 Å². The van der Waals surface area contributed by atoms with Crippen molar-refractivity contribution in [1.29, 1.82) is 0 Å². The van der Waals surface area contributed by atoms with Gasteiger partial charge >= 0.3 is 0 Å². The van der Waals surface area contributed by atoms with Gasteiger partial charge in [-0.3, -0.25) is 4.79 Å². The first kappa shape index (κ1) is 11.9. The standard InChI is InChI=1S/C12H13BrClNO/c13-10-6-9(4-5-11(10)14)12(16)15-7-8-2-1-3-8/h4-6,8H,1-3,7H2,(H,15,16). The molecule has 1 saturated carbocycles. The molecule has 0 spiro atoms. The number of benzene rings is 1. The monoisotopic (exact) mass is 301 g/mol. The van der Waals surface area contributed by atoms with E-state index in [9.17, 15) is 4.79 Å². The highest BCUT2D eigenvalue weighted by molar-refractivity contribution is 9.10. The van der Waals surface area contributed by atoms with E-state index in [-0.39, 0.29) is 5.91 Å². The molecule has 1 fully saturated rings. The van der Waals surface area contributed by atoms with Crippen LogP contribution in [0.3, 0.4) is 0 Å². The molecular formula is C12H13BrClNO. The van der Waals surface area contributed by atoms with Crippen molar-refractivity contribution in [2.75, 3.05) is 6.54 Å². The predicted octanol–water partition coefficient (Wildman–Crippen LogP) is 3.63. The molecule has 0 atom stereocenters. The molecule has 1 aliphatic rings. The summed E-state index contributed by atoms with van der Waals surface area (Å²) in [6.45, 7) is 0.791. The van der Waals surface area contributed by atoms with Crippen LogP contribution < -0.4 is 5.32 Å². The van der Waals surface area contributed by atoms with Gasteiger partial charge in [0, 0.05) is 16.6 Å². The second-order valence-electron chi connectivity index (χ2n) is 4.14. The highest BCUT2D eigenvalue weighted by Gasteiger charge is 2.18. The van der Waals surface area contributed by atoms with Crippen LogP contribution in [-0.2, 0) is 0 Å². The van der Waals surface area contributed by atoms with Crippen LogP contribution in [0.25, 0.3) is 0 Å². The molecule has 1 N–H and O–H groups in total. The fourth-order valence-electron chi connectivity index (χ4n) is 1.67. The van der Waals surface area contributed by atoms with Crippen molar-refractivity contribution >= 4 is 33.4 Å². The van der Waals surface area contributed by atoms with Crippen LogP contribution in [0.2, 0.25) is 5.02 Å². The van der Waals surface area contributed by atoms with E-state index in [0.717, 1.165) is 11.0 Å². The molecule has 0 saturated heterocycles. The van der Waals surface area contributed by atoms with Gasteiger partial charge in [-0.05, 0) is 52.9 Å². The summed E-state index contributed by atoms with van der Waals surface area (Å²) in [5.41, 5.74) is 0.649. The van der Waals surface area contributed by atoms with Crippen molar-refractivity contribution < 1.29 is 4.79 Å². The molecule has 0 aromatic heterocycles. The minimum atomic E-state index is -0.0238. The summed E-state index contributed by atoms with van der Waals surface area (Å²) in [7, 11) is 0. The van der Waals surface area contributed by atoms with Crippen LogP contribution in [0, 0.1) is 5.92 Å². The molecule has 0 aliphatic heterocycles. The highest BCUT2D eigenvalue weighted by Crippen LogP contribution is 2.26. The number of amides is 1. The zero-order valence-electron chi connectivity index (χ0n) is 8.80. The topological polar surface area (TPSA) is 29.1 Å². The molecule has 16 heavy (non-hydrogen) atoms. The quantitative estimate of drug-likeness (QED) is 0.907. The minimum Gasteiger partial charge on any atom is -0.352 e. The third-order valence-electron chi connectivity index (χ3n) is 2.96. The van der Waals surface area contributed by atoms with Gasteiger partial charge in [-0.25, -0.2) is 0 Å². The largest absolute Gasteiger partial charge is 0.352 e. The normalized spacial score (nSPS) is 15.6. The fraction of sp³-hybridized carbons (Fsp3) is 0.417. The van der Waals surface area contributed by atoms with Crippen molar-refractivity contribution in [1.82, 2.24) is 5.32 Å². The molecule has 2 nitrogen and oxygen atoms in total. The number of carbonyl (C=O) groups excluding carboxylic acids is 1. The summed E-state index contributed by atoms with van der Waals surface area (Å²) in [5.74, 6) is 0.656. The van der Waals surface area contributed by atoms with Crippen LogP contribution in [0.1, 0.15) is 29.6 Å². The molecule has 0 bridgehead atoms. The molecule has 86 valence electrons. The lowest BCUT2D eigenvalue weighted by Crippen LogP contribution is -2.32. The van der Waals surface area contributed by atoms with Crippen molar-refractivity contribution in [3.63, 3.8) is 0 Å². The van der Waals surface area contributed by atoms with E-state index in [1.165, 1.54) is 19.3 Å². The summed E-state index contributed by atoms with van der Waals surface area (Å²) in [6.07, 6.45) is 3.78. The third kappa shape index (κ3) is 2.77. The Morgan fingerprint density at radius 1 is 1.50 bits per heavy atom. The number of halogens is 2. The fourth-order valence-corrected chi connectivity index (χ4v) is 2.17. The Kier molecular flexibility index (Phi) is 3.87. The predicted molar refractivity (Wildman–Crippen MR) is 68.8 cm³/mol. The van der Waals surface area contributed by atoms with Crippen molar-refractivity contribution in [3.05, 3.63) is 33.3 Å². The van der Waals surface area contributed by atoms with Gasteiger partial charge in [0.25, 0.3) is 5.91 Å². The Morgan fingerprint density at radius 3 is 2.81 bits per heavy atom. The first-order valence-electron chi connectivity index (χ1n) is 5.40. The Morgan fingerprint density at radius 2 is 2.25 bits per heavy atom. The van der Waals surface area contributed by atoms with Crippen molar-refractivity contribution in [2.45, 2.75) is 19.3 Å². The Labute approximate surface area is 108 Å². The minimum absolute atomic E-state index is 0.0238. The highest BCUT2D eigenvalue weighted by atomic mass is 79.9. The number of carbonyl (C=O) groups is 1. The molecule has 1 amide bonds. The Balaban J connectivity index is 1.94. The molecule has 0 radical (unpaired) electrons. The number of rotatable bonds is 3. The van der Waals surface area contributed by atoms with E-state index < -0.39 is 0 Å². The van der Waals surface area contributed by atoms with Crippen LogP contribution in [-0.4, -0.2) is 12.5 Å². The molecular weight excluding hydrogens is 289 g/mol. The van der Waals surface area contributed by atoms with Crippen LogP contribution in [0.4, 0.5) is 0 Å². The van der Waals surface area contributed by atoms with E-state index in [1.807, 2.05) is 0 Å². The van der Waals surface area contributed by atoms with Gasteiger partial charge in [-0.15, -0.1) is 0 Å². The van der Waals surface area contributed by atoms with Gasteiger partial charge < -0.3 is 5.32 Å². The van der Waals surface area contributed by atoms with E-state index in [0.29, 0.717) is 16.5 Å². The van der Waals surface area contributed by atoms with Crippen LogP contribution in [0.5, 0.6) is 0 Å². The van der Waals surface area contributed by atoms with Gasteiger partial charge in [-0.2, -0.15) is 0 Å². The average molecular weight is 303 g/mol. The van der Waals surface area contributed by atoms with E-state index in [2.05, 4.69) is 21.2 Å². The van der Waals surface area contributed by atoms with Crippen molar-refractivity contribution in [2.24, 2.45) is 5.92 Å². The lowest BCUT2D eigenvalue weighted by Gasteiger charge is -2.25. The lowest BCUT2D eigenvalue weighted by molar-refractivity contribution is 0.0939. The van der Waals surface area contributed by atoms with Gasteiger partial charge in [0.1, 0.15) is 0 Å². The molecule has 0 unspecified atom stereocenters. The van der Waals surface area contributed by atoms with E-state index >= 15 is 0 Å². The SMILES string of the molecule is O=C(NCC1CCC1)c1ccc(Cl)c(Br)c1. The van der Waals surface area contributed by atoms with Gasteiger partial charge in [0.05, 0.1) is 5.02 Å². The molecule has 0 heterocycles. The second kappa shape index (κ2) is 5.19. The number of hydrogen-bond donors (Lipinski definition) is 1. The maximum Gasteiger partial charge on any atom is 0.251 e. The zero-order chi connectivity index (χ0) is 11.5. The Hall–Kier alpha value is -0.540. The molecule has 1 aliphatic carbocycles. The zero-order valence-corrected chi connectivity index (χ0v) is 11.1. The van der Waals surface area contributed by atoms with Crippen LogP contribution >= 0.6 is 27.5 Å². The summed E-state index contributed by atoms with van der Waals surface area (Å²) in [6, 6.07) is 5.21. The smallest absolute Gasteiger partial charge is 0.251 e. The first-order chi connectivity index (χ1) is 7.66.